The molecule has 0 bridgehead atoms. The zero-order valence-electron chi connectivity index (χ0n) is 15.4. The largest absolute Gasteiger partial charge is 0.411 e. The van der Waals surface area contributed by atoms with Crippen molar-refractivity contribution in [3.05, 3.63) is 70.3 Å². The summed E-state index contributed by atoms with van der Waals surface area (Å²) in [6, 6.07) is 11.4. The fourth-order valence-corrected chi connectivity index (χ4v) is 2.68. The Labute approximate surface area is 163 Å². The number of carbonyl (C=O) groups excluding carboxylic acids is 1. The van der Waals surface area contributed by atoms with Crippen LogP contribution in [0, 0.1) is 0 Å². The first kappa shape index (κ1) is 20.6. The van der Waals surface area contributed by atoms with Crippen LogP contribution in [0.1, 0.15) is 22.3 Å². The molecular weight excluding hydrogens is 389 g/mol. The van der Waals surface area contributed by atoms with Crippen molar-refractivity contribution in [2.24, 2.45) is 0 Å². The maximum Gasteiger partial charge on any atom is 0.411 e. The number of hydrogen-bond donors (Lipinski definition) is 1. The van der Waals surface area contributed by atoms with Crippen LogP contribution < -0.4 is 11.0 Å². The van der Waals surface area contributed by atoms with E-state index in [1.165, 1.54) is 21.2 Å². The maximum atomic E-state index is 12.1. The van der Waals surface area contributed by atoms with Crippen molar-refractivity contribution >= 4 is 11.6 Å². The first-order valence-electron chi connectivity index (χ1n) is 8.89. The number of benzene rings is 1. The van der Waals surface area contributed by atoms with Crippen LogP contribution in [0.4, 0.5) is 13.2 Å². The first-order valence-corrected chi connectivity index (χ1v) is 8.89. The lowest BCUT2D eigenvalue weighted by Crippen LogP contribution is -2.27. The number of aromatic nitrogens is 3. The third kappa shape index (κ3) is 5.67. The van der Waals surface area contributed by atoms with Crippen molar-refractivity contribution in [1.29, 1.82) is 0 Å². The molecule has 0 saturated carbocycles. The number of nitrogens with zero attached hydrogens (tertiary/aromatic N) is 3. The number of rotatable bonds is 8. The second kappa shape index (κ2) is 8.91. The van der Waals surface area contributed by atoms with Crippen LogP contribution >= 0.6 is 0 Å². The Hall–Kier alpha value is -3.14. The lowest BCUT2D eigenvalue weighted by molar-refractivity contribution is -0.176. The Morgan fingerprint density at radius 2 is 1.90 bits per heavy atom. The lowest BCUT2D eigenvalue weighted by Gasteiger charge is -2.08. The topological polar surface area (TPSA) is 77.6 Å². The Morgan fingerprint density at radius 3 is 2.59 bits per heavy atom. The smallest absolute Gasteiger partial charge is 0.367 e. The summed E-state index contributed by atoms with van der Waals surface area (Å²) in [5.41, 5.74) is 1.24. The van der Waals surface area contributed by atoms with Crippen LogP contribution in [-0.4, -0.2) is 39.4 Å². The molecule has 0 unspecified atom stereocenters. The van der Waals surface area contributed by atoms with Crippen molar-refractivity contribution in [2.75, 3.05) is 13.2 Å². The van der Waals surface area contributed by atoms with E-state index in [0.717, 1.165) is 0 Å². The molecule has 3 rings (SSSR count). The van der Waals surface area contributed by atoms with Gasteiger partial charge in [-0.05, 0) is 36.2 Å². The van der Waals surface area contributed by atoms with E-state index in [1.807, 2.05) is 0 Å². The number of hydrogen-bond acceptors (Lipinski definition) is 4. The monoisotopic (exact) mass is 408 g/mol. The average Bonchev–Trinajstić information content (AvgIpc) is 3.01. The molecule has 0 aliphatic rings. The van der Waals surface area contributed by atoms with Gasteiger partial charge in [0.2, 0.25) is 0 Å². The summed E-state index contributed by atoms with van der Waals surface area (Å²) >= 11 is 0. The van der Waals surface area contributed by atoms with Gasteiger partial charge in [-0.25, -0.2) is 9.48 Å². The van der Waals surface area contributed by atoms with E-state index in [4.69, 9.17) is 0 Å². The summed E-state index contributed by atoms with van der Waals surface area (Å²) in [4.78, 5) is 24.3. The van der Waals surface area contributed by atoms with Crippen molar-refractivity contribution in [1.82, 2.24) is 19.5 Å². The number of ether oxygens (including phenoxy) is 1. The van der Waals surface area contributed by atoms with Gasteiger partial charge in [0.1, 0.15) is 6.61 Å². The van der Waals surface area contributed by atoms with Crippen LogP contribution in [0.25, 0.3) is 5.65 Å². The second-order valence-electron chi connectivity index (χ2n) is 6.35. The van der Waals surface area contributed by atoms with Gasteiger partial charge in [-0.2, -0.15) is 13.2 Å². The first-order chi connectivity index (χ1) is 13.8. The average molecular weight is 408 g/mol. The number of alkyl halides is 3. The SMILES string of the molecule is O=C(NCCCn1nc2ccccn2c1=O)c1ccc(COCC(F)(F)F)cc1. The highest BCUT2D eigenvalue weighted by Gasteiger charge is 2.27. The van der Waals surface area contributed by atoms with Crippen molar-refractivity contribution in [3.8, 4) is 0 Å². The molecule has 1 amide bonds. The Kier molecular flexibility index (Phi) is 6.32. The molecule has 0 aliphatic heterocycles. The maximum absolute atomic E-state index is 12.1. The molecule has 1 N–H and O–H groups in total. The minimum atomic E-state index is -4.37. The van der Waals surface area contributed by atoms with Gasteiger partial charge in [-0.3, -0.25) is 9.20 Å². The van der Waals surface area contributed by atoms with Gasteiger partial charge in [-0.15, -0.1) is 5.10 Å². The predicted molar refractivity (Wildman–Crippen MR) is 98.6 cm³/mol. The van der Waals surface area contributed by atoms with E-state index in [0.29, 0.717) is 36.3 Å². The Bertz CT molecular complexity index is 1030. The van der Waals surface area contributed by atoms with Crippen LogP contribution in [0.2, 0.25) is 0 Å². The molecule has 3 aromatic rings. The highest BCUT2D eigenvalue weighted by Crippen LogP contribution is 2.15. The van der Waals surface area contributed by atoms with Crippen molar-refractivity contribution < 1.29 is 22.7 Å². The third-order valence-corrected chi connectivity index (χ3v) is 4.07. The van der Waals surface area contributed by atoms with Gasteiger partial charge in [0.05, 0.1) is 6.61 Å². The zero-order valence-corrected chi connectivity index (χ0v) is 15.4. The van der Waals surface area contributed by atoms with Gasteiger partial charge in [0, 0.05) is 24.8 Å². The predicted octanol–water partition coefficient (Wildman–Crippen LogP) is 2.40. The molecule has 7 nitrogen and oxygen atoms in total. The van der Waals surface area contributed by atoms with Crippen molar-refractivity contribution in [3.63, 3.8) is 0 Å². The molecular formula is C19H19F3N4O3. The summed E-state index contributed by atoms with van der Waals surface area (Å²) in [6.45, 7) is -0.800. The second-order valence-corrected chi connectivity index (χ2v) is 6.35. The van der Waals surface area contributed by atoms with Crippen LogP contribution in [0.5, 0.6) is 0 Å². The number of fused-ring (bicyclic) bond motifs is 1. The zero-order chi connectivity index (χ0) is 20.9. The summed E-state index contributed by atoms with van der Waals surface area (Å²) in [5, 5.41) is 6.94. The van der Waals surface area contributed by atoms with E-state index >= 15 is 0 Å². The molecule has 0 radical (unpaired) electrons. The van der Waals surface area contributed by atoms with Crippen LogP contribution in [-0.2, 0) is 17.9 Å². The normalized spacial score (nSPS) is 11.7. The van der Waals surface area contributed by atoms with Gasteiger partial charge in [0.25, 0.3) is 5.91 Å². The number of halogens is 3. The van der Waals surface area contributed by atoms with Crippen LogP contribution in [0.15, 0.2) is 53.5 Å². The molecule has 10 heteroatoms. The summed E-state index contributed by atoms with van der Waals surface area (Å²) in [5.74, 6) is -0.310. The van der Waals surface area contributed by atoms with E-state index in [9.17, 15) is 22.8 Å². The molecule has 1 aromatic carbocycles. The molecule has 0 saturated heterocycles. The van der Waals surface area contributed by atoms with Gasteiger partial charge < -0.3 is 10.1 Å². The molecule has 0 aliphatic carbocycles. The minimum absolute atomic E-state index is 0.185. The molecule has 154 valence electrons. The summed E-state index contributed by atoms with van der Waals surface area (Å²) in [6.07, 6.45) is -2.21. The van der Waals surface area contributed by atoms with Gasteiger partial charge >= 0.3 is 11.9 Å². The Morgan fingerprint density at radius 1 is 1.14 bits per heavy atom. The molecule has 0 atom stereocenters. The minimum Gasteiger partial charge on any atom is -0.367 e. The molecule has 29 heavy (non-hydrogen) atoms. The van der Waals surface area contributed by atoms with E-state index < -0.39 is 12.8 Å². The number of pyridine rings is 1. The number of amides is 1. The molecule has 0 fully saturated rings. The number of aryl methyl sites for hydroxylation is 1. The summed E-state index contributed by atoms with van der Waals surface area (Å²) in [7, 11) is 0. The van der Waals surface area contributed by atoms with E-state index in [-0.39, 0.29) is 18.2 Å². The van der Waals surface area contributed by atoms with Crippen molar-refractivity contribution in [2.45, 2.75) is 25.7 Å². The third-order valence-electron chi connectivity index (χ3n) is 4.07. The summed E-state index contributed by atoms with van der Waals surface area (Å²) < 4.78 is 43.5. The van der Waals surface area contributed by atoms with Crippen LogP contribution in [0.3, 0.4) is 0 Å². The fraction of sp³-hybridized carbons (Fsp3) is 0.316. The van der Waals surface area contributed by atoms with Gasteiger partial charge in [0.15, 0.2) is 5.65 Å². The number of nitrogens with one attached hydrogen (secondary N) is 1. The van der Waals surface area contributed by atoms with E-state index in [2.05, 4.69) is 15.2 Å². The standard InChI is InChI=1S/C19H19F3N4O3/c20-19(21,22)13-29-12-14-5-7-15(8-6-14)17(27)23-9-3-11-26-18(28)25-10-2-1-4-16(25)24-26/h1-2,4-8,10H,3,9,11-13H2,(H,23,27). The Balaban J connectivity index is 1.44. The van der Waals surface area contributed by atoms with E-state index in [1.54, 1.807) is 36.5 Å². The molecule has 2 heterocycles. The number of carbonyl (C=O) groups is 1. The highest BCUT2D eigenvalue weighted by atomic mass is 19.4. The highest BCUT2D eigenvalue weighted by molar-refractivity contribution is 5.94. The lowest BCUT2D eigenvalue weighted by atomic mass is 10.1. The van der Waals surface area contributed by atoms with Gasteiger partial charge in [-0.1, -0.05) is 18.2 Å². The fourth-order valence-electron chi connectivity index (χ4n) is 2.68. The quantitative estimate of drug-likeness (QED) is 0.581. The molecule has 0 spiro atoms. The molecule has 2 aromatic heterocycles.